The van der Waals surface area contributed by atoms with Gasteiger partial charge < -0.3 is 9.55 Å². The molecule has 1 spiro atoms. The molecule has 2 aliphatic rings. The van der Waals surface area contributed by atoms with Gasteiger partial charge in [0.2, 0.25) is 0 Å². The summed E-state index contributed by atoms with van der Waals surface area (Å²) in [6.07, 6.45) is 7.68. The van der Waals surface area contributed by atoms with Crippen molar-refractivity contribution in [3.05, 3.63) is 223 Å². The predicted molar refractivity (Wildman–Crippen MR) is 237 cm³/mol. The van der Waals surface area contributed by atoms with Gasteiger partial charge in [0.05, 0.1) is 17.2 Å². The van der Waals surface area contributed by atoms with Crippen LogP contribution < -0.4 is 0 Å². The van der Waals surface area contributed by atoms with Crippen molar-refractivity contribution in [3.63, 3.8) is 0 Å². The number of hydrogen-bond donors (Lipinski definition) is 0. The van der Waals surface area contributed by atoms with E-state index < -0.39 is 0 Å². The number of para-hydroxylation sites is 1. The van der Waals surface area contributed by atoms with Gasteiger partial charge in [0.25, 0.3) is 0 Å². The van der Waals surface area contributed by atoms with Crippen molar-refractivity contribution in [1.29, 1.82) is 0 Å². The third-order valence-corrected chi connectivity index (χ3v) is 12.7. The van der Waals surface area contributed by atoms with E-state index in [1.165, 1.54) is 77.5 Å². The summed E-state index contributed by atoms with van der Waals surface area (Å²) in [7, 11) is 0. The second kappa shape index (κ2) is 14.0. The van der Waals surface area contributed by atoms with Gasteiger partial charge in [-0.2, -0.15) is 0 Å². The van der Waals surface area contributed by atoms with Gasteiger partial charge in [0.1, 0.15) is 0 Å². The monoisotopic (exact) mass is 931 g/mol. The molecular formula is C55H36IrN3-. The Balaban J connectivity index is 0.00000397. The molecule has 3 heterocycles. The first-order valence-electron chi connectivity index (χ1n) is 20.0. The van der Waals surface area contributed by atoms with Crippen molar-refractivity contribution < 1.29 is 20.1 Å². The molecule has 0 aliphatic heterocycles. The normalized spacial score (nSPS) is 13.3. The molecule has 0 fully saturated rings. The van der Waals surface area contributed by atoms with Crippen LogP contribution in [0.25, 0.3) is 83.3 Å². The second-order valence-corrected chi connectivity index (χ2v) is 15.8. The topological polar surface area (TPSA) is 30.7 Å². The van der Waals surface area contributed by atoms with Crippen LogP contribution in [0.2, 0.25) is 0 Å². The van der Waals surface area contributed by atoms with E-state index >= 15 is 0 Å². The molecule has 12 rings (SSSR count). The van der Waals surface area contributed by atoms with Gasteiger partial charge in [-0.25, -0.2) is 0 Å². The van der Waals surface area contributed by atoms with E-state index in [0.717, 1.165) is 40.9 Å². The Morgan fingerprint density at radius 3 is 1.85 bits per heavy atom. The largest absolute Gasteiger partial charge is 0.308 e. The Hall–Kier alpha value is -6.71. The molecule has 4 heteroatoms. The number of rotatable bonds is 5. The van der Waals surface area contributed by atoms with Crippen LogP contribution in [-0.2, 0) is 38.4 Å². The van der Waals surface area contributed by atoms with E-state index in [4.69, 9.17) is 0 Å². The third kappa shape index (κ3) is 5.67. The zero-order valence-electron chi connectivity index (χ0n) is 32.1. The Labute approximate surface area is 357 Å². The summed E-state index contributed by atoms with van der Waals surface area (Å²) in [4.78, 5) is 9.06. The van der Waals surface area contributed by atoms with Crippen molar-refractivity contribution in [2.45, 2.75) is 18.3 Å². The molecule has 10 aromatic rings. The van der Waals surface area contributed by atoms with Gasteiger partial charge in [-0.05, 0) is 128 Å². The summed E-state index contributed by atoms with van der Waals surface area (Å²) in [5.74, 6) is 0. The van der Waals surface area contributed by atoms with Crippen LogP contribution >= 0.6 is 0 Å². The number of aromatic nitrogens is 3. The molecule has 1 radical (unpaired) electrons. The first-order valence-corrected chi connectivity index (χ1v) is 20.0. The number of pyridine rings is 2. The van der Waals surface area contributed by atoms with Crippen LogP contribution in [-0.4, -0.2) is 14.5 Å². The molecule has 0 unspecified atom stereocenters. The molecule has 59 heavy (non-hydrogen) atoms. The fourth-order valence-corrected chi connectivity index (χ4v) is 9.94. The maximum atomic E-state index is 4.57. The van der Waals surface area contributed by atoms with Gasteiger partial charge >= 0.3 is 0 Å². The Bertz CT molecular complexity index is 3160. The predicted octanol–water partition coefficient (Wildman–Crippen LogP) is 13.1. The van der Waals surface area contributed by atoms with E-state index in [1.54, 1.807) is 0 Å². The van der Waals surface area contributed by atoms with E-state index in [9.17, 15) is 0 Å². The quantitative estimate of drug-likeness (QED) is 0.161. The van der Waals surface area contributed by atoms with Crippen LogP contribution in [0, 0.1) is 6.07 Å². The smallest absolute Gasteiger partial charge is 0.0724 e. The number of fused-ring (bicyclic) bond motifs is 9. The Morgan fingerprint density at radius 2 is 1.12 bits per heavy atom. The summed E-state index contributed by atoms with van der Waals surface area (Å²) < 4.78 is 2.33. The minimum Gasteiger partial charge on any atom is -0.308 e. The minimum absolute atomic E-state index is 0. The average molecular weight is 931 g/mol. The van der Waals surface area contributed by atoms with Crippen molar-refractivity contribution in [2.24, 2.45) is 0 Å². The minimum atomic E-state index is -0.138. The van der Waals surface area contributed by atoms with Gasteiger partial charge in [-0.15, -0.1) is 35.4 Å². The average Bonchev–Trinajstić information content (AvgIpc) is 3.94. The number of nitrogens with zero attached hydrogens (tertiary/aromatic N) is 3. The molecule has 3 nitrogen and oxygen atoms in total. The van der Waals surface area contributed by atoms with E-state index in [-0.39, 0.29) is 25.5 Å². The maximum Gasteiger partial charge on any atom is 0.0724 e. The first kappa shape index (κ1) is 35.5. The van der Waals surface area contributed by atoms with Crippen molar-refractivity contribution in [3.8, 4) is 61.5 Å². The Morgan fingerprint density at radius 1 is 0.492 bits per heavy atom. The number of benzene rings is 7. The standard InChI is InChI=1S/C55H36N3.Ir/c1-2-10-44-34-55(33-43(44)9-1)50-31-40(36-18-22-45(23-19-36)58-53-17-4-3-15-48(53)49-26-28-56-35-54(49)58)20-24-46(50)47-25-21-41(32-51(47)55)38-12-7-11-37(29-38)39-13-8-14-42(30-39)52-16-5-6-27-57-52;/h1-13,15-32,35H,33-34H2;/q-1;. The fraction of sp³-hybridized carbons (Fsp3) is 0.0545. The molecule has 0 saturated heterocycles. The number of hydrogen-bond acceptors (Lipinski definition) is 2. The molecular weight excluding hydrogens is 895 g/mol. The summed E-state index contributed by atoms with van der Waals surface area (Å²) >= 11 is 0. The van der Waals surface area contributed by atoms with Gasteiger partial charge in [-0.1, -0.05) is 109 Å². The van der Waals surface area contributed by atoms with Gasteiger partial charge in [0.15, 0.2) is 0 Å². The summed E-state index contributed by atoms with van der Waals surface area (Å²) in [5, 5.41) is 2.46. The van der Waals surface area contributed by atoms with Gasteiger partial charge in [0, 0.05) is 54.4 Å². The van der Waals surface area contributed by atoms with Crippen LogP contribution in [0.3, 0.4) is 0 Å². The molecule has 0 amide bonds. The summed E-state index contributed by atoms with van der Waals surface area (Å²) in [6.45, 7) is 0. The fourth-order valence-electron chi connectivity index (χ4n) is 9.94. The van der Waals surface area contributed by atoms with Crippen LogP contribution in [0.1, 0.15) is 22.3 Å². The van der Waals surface area contributed by atoms with Crippen molar-refractivity contribution in [1.82, 2.24) is 14.5 Å². The SMILES string of the molecule is [Ir].[c-]1ccc(-c2cccc(-c3ccc4c(c3)C3(Cc5ccccc5C3)c3cc(-c5ccc(-n6c7ccccc7c7ccncc76)cc5)ccc3-4)c2)cc1-c1ccccn1. The molecule has 7 aromatic carbocycles. The molecule has 0 saturated carbocycles. The van der Waals surface area contributed by atoms with E-state index in [2.05, 4.69) is 172 Å². The second-order valence-electron chi connectivity index (χ2n) is 15.8. The van der Waals surface area contributed by atoms with Crippen LogP contribution in [0.15, 0.2) is 195 Å². The molecule has 0 bridgehead atoms. The molecule has 281 valence electrons. The zero-order valence-corrected chi connectivity index (χ0v) is 34.5. The van der Waals surface area contributed by atoms with Crippen molar-refractivity contribution >= 4 is 21.8 Å². The van der Waals surface area contributed by atoms with E-state index in [1.807, 2.05) is 42.9 Å². The molecule has 0 N–H and O–H groups in total. The first-order chi connectivity index (χ1) is 28.7. The zero-order chi connectivity index (χ0) is 38.2. The molecule has 0 atom stereocenters. The third-order valence-electron chi connectivity index (χ3n) is 12.7. The molecule has 2 aliphatic carbocycles. The van der Waals surface area contributed by atoms with Crippen molar-refractivity contribution in [2.75, 3.05) is 0 Å². The summed E-state index contributed by atoms with van der Waals surface area (Å²) in [6, 6.07) is 67.9. The van der Waals surface area contributed by atoms with Gasteiger partial charge in [-0.3, -0.25) is 4.98 Å². The van der Waals surface area contributed by atoms with Crippen LogP contribution in [0.5, 0.6) is 0 Å². The molecule has 3 aromatic heterocycles. The Kier molecular flexibility index (Phi) is 8.41. The van der Waals surface area contributed by atoms with E-state index in [0.29, 0.717) is 0 Å². The maximum absolute atomic E-state index is 4.57. The van der Waals surface area contributed by atoms with Crippen LogP contribution in [0.4, 0.5) is 0 Å². The summed E-state index contributed by atoms with van der Waals surface area (Å²) in [5.41, 5.74) is 21.0.